The van der Waals surface area contributed by atoms with Crippen LogP contribution in [0.25, 0.3) is 0 Å². The van der Waals surface area contributed by atoms with Crippen LogP contribution in [0.1, 0.15) is 19.3 Å². The van der Waals surface area contributed by atoms with E-state index in [1.807, 2.05) is 0 Å². The molecule has 0 spiro atoms. The van der Waals surface area contributed by atoms with E-state index in [2.05, 4.69) is 20.9 Å². The van der Waals surface area contributed by atoms with Crippen LogP contribution in [0, 0.1) is 5.92 Å². The first kappa shape index (κ1) is 8.94. The van der Waals surface area contributed by atoms with Gasteiger partial charge in [0.05, 0.1) is 6.20 Å². The molecule has 0 saturated heterocycles. The average Bonchev–Trinajstić information content (AvgIpc) is 2.03. The Balaban J connectivity index is 2.17. The SMILES string of the molecule is O=c1cnc(Br)cn1CC1CCC1. The minimum absolute atomic E-state index is 0.00454. The highest BCUT2D eigenvalue weighted by Crippen LogP contribution is 2.27. The Morgan fingerprint density at radius 1 is 1.62 bits per heavy atom. The number of hydrogen-bond acceptors (Lipinski definition) is 2. The van der Waals surface area contributed by atoms with Crippen LogP contribution in [0.3, 0.4) is 0 Å². The third-order valence-corrected chi connectivity index (χ3v) is 2.93. The van der Waals surface area contributed by atoms with Gasteiger partial charge in [0, 0.05) is 12.7 Å². The van der Waals surface area contributed by atoms with Crippen molar-refractivity contribution in [2.75, 3.05) is 0 Å². The summed E-state index contributed by atoms with van der Waals surface area (Å²) in [6.07, 6.45) is 6.95. The van der Waals surface area contributed by atoms with Crippen molar-refractivity contribution in [1.82, 2.24) is 9.55 Å². The number of rotatable bonds is 2. The van der Waals surface area contributed by atoms with Gasteiger partial charge in [0.2, 0.25) is 0 Å². The Kier molecular flexibility index (Phi) is 2.49. The van der Waals surface area contributed by atoms with Gasteiger partial charge in [-0.15, -0.1) is 0 Å². The summed E-state index contributed by atoms with van der Waals surface area (Å²) in [5.41, 5.74) is -0.00454. The fourth-order valence-corrected chi connectivity index (χ4v) is 1.86. The monoisotopic (exact) mass is 242 g/mol. The fourth-order valence-electron chi connectivity index (χ4n) is 1.51. The number of halogens is 1. The van der Waals surface area contributed by atoms with E-state index in [0.29, 0.717) is 5.92 Å². The molecular weight excluding hydrogens is 232 g/mol. The second-order valence-corrected chi connectivity index (χ2v) is 4.31. The molecule has 2 rings (SSSR count). The highest BCUT2D eigenvalue weighted by Gasteiger charge is 2.18. The molecule has 0 amide bonds. The van der Waals surface area contributed by atoms with E-state index in [4.69, 9.17) is 0 Å². The normalized spacial score (nSPS) is 17.0. The van der Waals surface area contributed by atoms with Crippen molar-refractivity contribution < 1.29 is 0 Å². The lowest BCUT2D eigenvalue weighted by molar-refractivity contribution is 0.273. The largest absolute Gasteiger partial charge is 0.311 e. The zero-order valence-corrected chi connectivity index (χ0v) is 8.83. The molecule has 1 heterocycles. The van der Waals surface area contributed by atoms with E-state index in [-0.39, 0.29) is 5.56 Å². The molecule has 4 heteroatoms. The lowest BCUT2D eigenvalue weighted by Crippen LogP contribution is -2.26. The molecule has 1 aromatic rings. The van der Waals surface area contributed by atoms with Crippen LogP contribution in [-0.2, 0) is 6.54 Å². The maximum atomic E-state index is 11.3. The fraction of sp³-hybridized carbons (Fsp3) is 0.556. The van der Waals surface area contributed by atoms with Crippen molar-refractivity contribution in [1.29, 1.82) is 0 Å². The van der Waals surface area contributed by atoms with Crippen molar-refractivity contribution in [2.24, 2.45) is 5.92 Å². The maximum absolute atomic E-state index is 11.3. The van der Waals surface area contributed by atoms with Crippen molar-refractivity contribution in [3.63, 3.8) is 0 Å². The Hall–Kier alpha value is -0.640. The second kappa shape index (κ2) is 3.62. The molecule has 1 fully saturated rings. The second-order valence-electron chi connectivity index (χ2n) is 3.50. The molecule has 0 unspecified atom stereocenters. The van der Waals surface area contributed by atoms with Crippen LogP contribution in [0.15, 0.2) is 21.8 Å². The van der Waals surface area contributed by atoms with E-state index < -0.39 is 0 Å². The van der Waals surface area contributed by atoms with Crippen LogP contribution in [0.5, 0.6) is 0 Å². The first-order valence-corrected chi connectivity index (χ1v) is 5.27. The van der Waals surface area contributed by atoms with Crippen molar-refractivity contribution in [3.8, 4) is 0 Å². The van der Waals surface area contributed by atoms with Gasteiger partial charge in [0.15, 0.2) is 0 Å². The molecule has 3 nitrogen and oxygen atoms in total. The molecule has 70 valence electrons. The van der Waals surface area contributed by atoms with Gasteiger partial charge in [-0.1, -0.05) is 6.42 Å². The predicted octanol–water partition coefficient (Wildman–Crippen LogP) is 1.81. The average molecular weight is 243 g/mol. The van der Waals surface area contributed by atoms with Gasteiger partial charge < -0.3 is 4.57 Å². The first-order valence-electron chi connectivity index (χ1n) is 4.48. The molecule has 0 atom stereocenters. The summed E-state index contributed by atoms with van der Waals surface area (Å²) in [5, 5.41) is 0. The standard InChI is InChI=1S/C9H11BrN2O/c10-8-6-12(9(13)4-11-8)5-7-2-1-3-7/h4,6-7H,1-3,5H2. The van der Waals surface area contributed by atoms with Gasteiger partial charge in [-0.3, -0.25) is 4.79 Å². The van der Waals surface area contributed by atoms with Crippen molar-refractivity contribution >= 4 is 15.9 Å². The predicted molar refractivity (Wildman–Crippen MR) is 53.5 cm³/mol. The topological polar surface area (TPSA) is 34.9 Å². The van der Waals surface area contributed by atoms with Crippen molar-refractivity contribution in [3.05, 3.63) is 27.4 Å². The van der Waals surface area contributed by atoms with Crippen LogP contribution >= 0.6 is 15.9 Å². The number of nitrogens with zero attached hydrogens (tertiary/aromatic N) is 2. The third-order valence-electron chi connectivity index (χ3n) is 2.52. The lowest BCUT2D eigenvalue weighted by Gasteiger charge is -2.25. The van der Waals surface area contributed by atoms with Gasteiger partial charge in [0.1, 0.15) is 4.60 Å². The maximum Gasteiger partial charge on any atom is 0.269 e. The highest BCUT2D eigenvalue weighted by atomic mass is 79.9. The summed E-state index contributed by atoms with van der Waals surface area (Å²) in [5.74, 6) is 0.701. The summed E-state index contributed by atoms with van der Waals surface area (Å²) in [6.45, 7) is 0.847. The number of hydrogen-bond donors (Lipinski definition) is 0. The third kappa shape index (κ3) is 1.99. The van der Waals surface area contributed by atoms with Crippen LogP contribution in [0.4, 0.5) is 0 Å². The Morgan fingerprint density at radius 2 is 2.38 bits per heavy atom. The molecule has 0 N–H and O–H groups in total. The molecule has 1 aliphatic rings. The van der Waals surface area contributed by atoms with Crippen molar-refractivity contribution in [2.45, 2.75) is 25.8 Å². The molecule has 1 aromatic heterocycles. The molecule has 0 bridgehead atoms. The van der Waals surface area contributed by atoms with Gasteiger partial charge in [-0.05, 0) is 34.7 Å². The summed E-state index contributed by atoms with van der Waals surface area (Å²) in [6, 6.07) is 0. The summed E-state index contributed by atoms with van der Waals surface area (Å²) in [7, 11) is 0. The summed E-state index contributed by atoms with van der Waals surface area (Å²) >= 11 is 3.26. The minimum Gasteiger partial charge on any atom is -0.311 e. The summed E-state index contributed by atoms with van der Waals surface area (Å²) in [4.78, 5) is 15.2. The Labute approximate surface area is 84.9 Å². The van der Waals surface area contributed by atoms with Crippen LogP contribution in [-0.4, -0.2) is 9.55 Å². The zero-order valence-electron chi connectivity index (χ0n) is 7.24. The Morgan fingerprint density at radius 3 is 3.00 bits per heavy atom. The van der Waals surface area contributed by atoms with Gasteiger partial charge in [0.25, 0.3) is 5.56 Å². The van der Waals surface area contributed by atoms with E-state index in [1.54, 1.807) is 10.8 Å². The van der Waals surface area contributed by atoms with E-state index in [1.165, 1.54) is 25.5 Å². The molecule has 0 radical (unpaired) electrons. The van der Waals surface area contributed by atoms with E-state index >= 15 is 0 Å². The van der Waals surface area contributed by atoms with Gasteiger partial charge in [-0.2, -0.15) is 0 Å². The molecule has 0 aromatic carbocycles. The smallest absolute Gasteiger partial charge is 0.269 e. The molecule has 0 aliphatic heterocycles. The van der Waals surface area contributed by atoms with Gasteiger partial charge in [-0.25, -0.2) is 4.98 Å². The van der Waals surface area contributed by atoms with E-state index in [0.717, 1.165) is 11.1 Å². The molecule has 13 heavy (non-hydrogen) atoms. The molecule has 1 saturated carbocycles. The molecule has 1 aliphatic carbocycles. The Bertz CT molecular complexity index is 357. The minimum atomic E-state index is -0.00454. The quantitative estimate of drug-likeness (QED) is 0.793. The van der Waals surface area contributed by atoms with Gasteiger partial charge >= 0.3 is 0 Å². The molecular formula is C9H11BrN2O. The highest BCUT2D eigenvalue weighted by molar-refractivity contribution is 9.10. The lowest BCUT2D eigenvalue weighted by atomic mass is 9.85. The van der Waals surface area contributed by atoms with Crippen LogP contribution in [0.2, 0.25) is 0 Å². The summed E-state index contributed by atoms with van der Waals surface area (Å²) < 4.78 is 2.47. The van der Waals surface area contributed by atoms with Crippen LogP contribution < -0.4 is 5.56 Å². The first-order chi connectivity index (χ1) is 6.25. The zero-order chi connectivity index (χ0) is 9.26. The van der Waals surface area contributed by atoms with E-state index in [9.17, 15) is 4.79 Å². The number of aromatic nitrogens is 2.